The molecule has 0 bridgehead atoms. The number of carbonyl (C=O) groups is 1. The summed E-state index contributed by atoms with van der Waals surface area (Å²) in [4.78, 5) is 16.0. The van der Waals surface area contributed by atoms with Gasteiger partial charge in [-0.2, -0.15) is 0 Å². The smallest absolute Gasteiger partial charge is 0.196 e. The Morgan fingerprint density at radius 3 is 2.56 bits per heavy atom. The first-order chi connectivity index (χ1) is 8.20. The fraction of sp³-hybridized carbons (Fsp3) is 0.143. The van der Waals surface area contributed by atoms with Crippen LogP contribution >= 0.6 is 12.4 Å². The van der Waals surface area contributed by atoms with E-state index in [9.17, 15) is 9.90 Å². The topological polar surface area (TPSA) is 50.2 Å². The van der Waals surface area contributed by atoms with Crippen molar-refractivity contribution < 1.29 is 9.90 Å². The quantitative estimate of drug-likeness (QED) is 0.867. The molecule has 1 atom stereocenters. The minimum Gasteiger partial charge on any atom is -0.380 e. The number of aliphatic hydroxyl groups excluding tert-OH is 1. The predicted molar refractivity (Wildman–Crippen MR) is 72.0 cm³/mol. The van der Waals surface area contributed by atoms with Gasteiger partial charge < -0.3 is 5.11 Å². The van der Waals surface area contributed by atoms with E-state index in [-0.39, 0.29) is 18.2 Å². The van der Waals surface area contributed by atoms with E-state index in [1.54, 1.807) is 30.5 Å². The average Bonchev–Trinajstić information content (AvgIpc) is 2.39. The predicted octanol–water partition coefficient (Wildman–Crippen LogP) is 2.73. The van der Waals surface area contributed by atoms with Crippen molar-refractivity contribution in [2.24, 2.45) is 0 Å². The van der Waals surface area contributed by atoms with Gasteiger partial charge in [0, 0.05) is 23.5 Å². The highest BCUT2D eigenvalue weighted by Crippen LogP contribution is 2.19. The number of aliphatic hydroxyl groups is 1. The molecule has 1 unspecified atom stereocenters. The maximum Gasteiger partial charge on any atom is 0.196 e. The molecule has 1 heterocycles. The Kier molecular flexibility index (Phi) is 5.01. The van der Waals surface area contributed by atoms with Gasteiger partial charge in [0.2, 0.25) is 0 Å². The molecular formula is C14H14ClNO2. The van der Waals surface area contributed by atoms with Crippen LogP contribution in [0, 0.1) is 6.92 Å². The summed E-state index contributed by atoms with van der Waals surface area (Å²) in [5.74, 6) is -0.295. The third kappa shape index (κ3) is 2.94. The molecule has 1 aromatic heterocycles. The highest BCUT2D eigenvalue weighted by molar-refractivity contribution is 6.00. The van der Waals surface area contributed by atoms with Crippen LogP contribution in [0.5, 0.6) is 0 Å². The summed E-state index contributed by atoms with van der Waals surface area (Å²) in [6, 6.07) is 10.6. The summed E-state index contributed by atoms with van der Waals surface area (Å²) < 4.78 is 0. The molecule has 18 heavy (non-hydrogen) atoms. The molecule has 4 heteroatoms. The molecule has 1 N–H and O–H groups in total. The molecule has 0 aliphatic carbocycles. The molecule has 0 aliphatic rings. The van der Waals surface area contributed by atoms with Crippen molar-refractivity contribution in [1.29, 1.82) is 0 Å². The van der Waals surface area contributed by atoms with Crippen LogP contribution in [0.15, 0.2) is 48.8 Å². The first-order valence-corrected chi connectivity index (χ1v) is 5.38. The number of pyridine rings is 1. The van der Waals surface area contributed by atoms with Crippen molar-refractivity contribution in [2.45, 2.75) is 13.0 Å². The third-order valence-corrected chi connectivity index (χ3v) is 2.66. The number of rotatable bonds is 3. The van der Waals surface area contributed by atoms with Gasteiger partial charge in [0.1, 0.15) is 6.10 Å². The Labute approximate surface area is 112 Å². The molecule has 0 amide bonds. The van der Waals surface area contributed by atoms with E-state index >= 15 is 0 Å². The molecule has 0 saturated heterocycles. The molecule has 2 rings (SSSR count). The zero-order chi connectivity index (χ0) is 12.3. The lowest BCUT2D eigenvalue weighted by Gasteiger charge is -2.11. The van der Waals surface area contributed by atoms with Crippen molar-refractivity contribution in [3.05, 3.63) is 65.5 Å². The van der Waals surface area contributed by atoms with Gasteiger partial charge in [0.05, 0.1) is 0 Å². The van der Waals surface area contributed by atoms with Gasteiger partial charge in [-0.15, -0.1) is 12.4 Å². The van der Waals surface area contributed by atoms with E-state index in [0.29, 0.717) is 11.1 Å². The number of aromatic nitrogens is 1. The minimum absolute atomic E-state index is 0. The minimum atomic E-state index is -1.15. The van der Waals surface area contributed by atoms with Gasteiger partial charge >= 0.3 is 0 Å². The molecule has 0 radical (unpaired) electrons. The molecule has 1 aromatic carbocycles. The summed E-state index contributed by atoms with van der Waals surface area (Å²) in [6.07, 6.45) is 1.96. The number of aryl methyl sites for hydroxylation is 1. The highest BCUT2D eigenvalue weighted by Gasteiger charge is 2.20. The molecule has 94 valence electrons. The van der Waals surface area contributed by atoms with Gasteiger partial charge in [-0.25, -0.2) is 0 Å². The SMILES string of the molecule is Cc1ccccc1C(=O)C(O)c1cccnc1.Cl. The summed E-state index contributed by atoms with van der Waals surface area (Å²) in [5.41, 5.74) is 1.92. The maximum absolute atomic E-state index is 12.1. The van der Waals surface area contributed by atoms with E-state index in [1.165, 1.54) is 6.20 Å². The second kappa shape index (κ2) is 6.28. The van der Waals surface area contributed by atoms with E-state index in [1.807, 2.05) is 19.1 Å². The fourth-order valence-electron chi connectivity index (χ4n) is 1.69. The zero-order valence-corrected chi connectivity index (χ0v) is 10.7. The van der Waals surface area contributed by atoms with Crippen LogP contribution in [0.3, 0.4) is 0 Å². The van der Waals surface area contributed by atoms with Crippen LogP contribution in [0.4, 0.5) is 0 Å². The van der Waals surface area contributed by atoms with Crippen molar-refractivity contribution in [1.82, 2.24) is 4.98 Å². The molecule has 0 aliphatic heterocycles. The lowest BCUT2D eigenvalue weighted by atomic mass is 9.98. The largest absolute Gasteiger partial charge is 0.380 e. The van der Waals surface area contributed by atoms with Gasteiger partial charge in [0.25, 0.3) is 0 Å². The Balaban J connectivity index is 0.00000162. The Morgan fingerprint density at radius 2 is 1.94 bits per heavy atom. The van der Waals surface area contributed by atoms with Gasteiger partial charge in [0.15, 0.2) is 5.78 Å². The van der Waals surface area contributed by atoms with Crippen LogP contribution in [0.25, 0.3) is 0 Å². The number of ketones is 1. The van der Waals surface area contributed by atoms with Crippen LogP contribution in [-0.4, -0.2) is 15.9 Å². The first-order valence-electron chi connectivity index (χ1n) is 5.38. The number of hydrogen-bond donors (Lipinski definition) is 1. The number of Topliss-reactive ketones (excluding diaryl/α,β-unsaturated/α-hetero) is 1. The normalized spacial score (nSPS) is 11.4. The first kappa shape index (κ1) is 14.4. The van der Waals surface area contributed by atoms with E-state index in [0.717, 1.165) is 5.56 Å². The van der Waals surface area contributed by atoms with E-state index in [2.05, 4.69) is 4.98 Å². The Bertz CT molecular complexity index is 528. The molecule has 2 aromatic rings. The van der Waals surface area contributed by atoms with Crippen molar-refractivity contribution in [3.63, 3.8) is 0 Å². The zero-order valence-electron chi connectivity index (χ0n) is 9.91. The number of nitrogens with zero attached hydrogens (tertiary/aromatic N) is 1. The Hall–Kier alpha value is -1.71. The highest BCUT2D eigenvalue weighted by atomic mass is 35.5. The summed E-state index contributed by atoms with van der Waals surface area (Å²) in [5, 5.41) is 9.98. The number of hydrogen-bond acceptors (Lipinski definition) is 3. The van der Waals surface area contributed by atoms with Crippen molar-refractivity contribution in [3.8, 4) is 0 Å². The molecule has 3 nitrogen and oxygen atoms in total. The van der Waals surface area contributed by atoms with Gasteiger partial charge in [-0.1, -0.05) is 30.3 Å². The van der Waals surface area contributed by atoms with E-state index in [4.69, 9.17) is 0 Å². The van der Waals surface area contributed by atoms with E-state index < -0.39 is 6.10 Å². The lowest BCUT2D eigenvalue weighted by Crippen LogP contribution is -2.13. The molecule has 0 saturated carbocycles. The average molecular weight is 264 g/mol. The molecular weight excluding hydrogens is 250 g/mol. The van der Waals surface area contributed by atoms with Gasteiger partial charge in [-0.3, -0.25) is 9.78 Å². The lowest BCUT2D eigenvalue weighted by molar-refractivity contribution is 0.0746. The summed E-state index contributed by atoms with van der Waals surface area (Å²) in [7, 11) is 0. The monoisotopic (exact) mass is 263 g/mol. The number of carbonyl (C=O) groups excluding carboxylic acids is 1. The van der Waals surface area contributed by atoms with Gasteiger partial charge in [-0.05, 0) is 18.6 Å². The summed E-state index contributed by atoms with van der Waals surface area (Å²) >= 11 is 0. The second-order valence-corrected chi connectivity index (χ2v) is 3.87. The number of benzene rings is 1. The van der Waals surface area contributed by atoms with Crippen LogP contribution < -0.4 is 0 Å². The van der Waals surface area contributed by atoms with Crippen LogP contribution in [-0.2, 0) is 0 Å². The molecule has 0 fully saturated rings. The maximum atomic E-state index is 12.1. The Morgan fingerprint density at radius 1 is 1.22 bits per heavy atom. The fourth-order valence-corrected chi connectivity index (χ4v) is 1.69. The van der Waals surface area contributed by atoms with Crippen molar-refractivity contribution in [2.75, 3.05) is 0 Å². The molecule has 0 spiro atoms. The summed E-state index contributed by atoms with van der Waals surface area (Å²) in [6.45, 7) is 1.85. The third-order valence-electron chi connectivity index (χ3n) is 2.66. The number of halogens is 1. The van der Waals surface area contributed by atoms with Crippen LogP contribution in [0.2, 0.25) is 0 Å². The second-order valence-electron chi connectivity index (χ2n) is 3.87. The van der Waals surface area contributed by atoms with Crippen molar-refractivity contribution >= 4 is 18.2 Å². The van der Waals surface area contributed by atoms with Crippen LogP contribution in [0.1, 0.15) is 27.6 Å². The standard InChI is InChI=1S/C14H13NO2.ClH/c1-10-5-2-3-7-12(10)14(17)13(16)11-6-4-8-15-9-11;/h2-9,13,16H,1H3;1H.